The van der Waals surface area contributed by atoms with E-state index < -0.39 is 59.8 Å². The minimum atomic E-state index is -5.83. The molecule has 0 aromatic heterocycles. The minimum Gasteiger partial charge on any atom is -0.490 e. The van der Waals surface area contributed by atoms with Crippen LogP contribution < -0.4 is 4.74 Å². The van der Waals surface area contributed by atoms with Gasteiger partial charge in [0.2, 0.25) is 0 Å². The largest absolute Gasteiger partial charge is 0.490 e. The summed E-state index contributed by atoms with van der Waals surface area (Å²) in [6, 6.07) is 3.39. The van der Waals surface area contributed by atoms with Crippen LogP contribution in [0.15, 0.2) is 18.2 Å². The molecule has 4 rings (SSSR count). The molecule has 1 aliphatic carbocycles. The second-order valence-corrected chi connectivity index (χ2v) is 11.4. The molecule has 0 radical (unpaired) electrons. The third kappa shape index (κ3) is 7.98. The van der Waals surface area contributed by atoms with Gasteiger partial charge in [-0.3, -0.25) is 9.69 Å². The van der Waals surface area contributed by atoms with Crippen LogP contribution in [0.25, 0.3) is 0 Å². The van der Waals surface area contributed by atoms with Gasteiger partial charge in [-0.1, -0.05) is 0 Å². The first-order chi connectivity index (χ1) is 19.9. The number of ether oxygens (including phenoxy) is 2. The highest BCUT2D eigenvalue weighted by Gasteiger charge is 2.60. The molecule has 1 amide bonds. The normalized spacial score (nSPS) is 23.5. The van der Waals surface area contributed by atoms with E-state index in [4.69, 9.17) is 4.74 Å². The summed E-state index contributed by atoms with van der Waals surface area (Å²) in [5, 5.41) is 9.17. The van der Waals surface area contributed by atoms with E-state index in [2.05, 4.69) is 4.74 Å². The molecule has 3 fully saturated rings. The Morgan fingerprint density at radius 2 is 1.49 bits per heavy atom. The number of carbonyl (C=O) groups is 2. The third-order valence-corrected chi connectivity index (χ3v) is 8.50. The van der Waals surface area contributed by atoms with Gasteiger partial charge in [-0.05, 0) is 81.7 Å². The fourth-order valence-corrected chi connectivity index (χ4v) is 6.23. The fourth-order valence-electron chi connectivity index (χ4n) is 6.23. The lowest BCUT2D eigenvalue weighted by molar-refractivity contribution is -0.308. The maximum absolute atomic E-state index is 13.8. The number of hydrogen-bond acceptors (Lipinski definition) is 5. The van der Waals surface area contributed by atoms with E-state index in [9.17, 15) is 54.2 Å². The molecule has 0 unspecified atom stereocenters. The van der Waals surface area contributed by atoms with Gasteiger partial charge >= 0.3 is 30.6 Å². The number of carboxylic acids is 1. The summed E-state index contributed by atoms with van der Waals surface area (Å²) in [6.45, 7) is 0.183. The monoisotopic (exact) mass is 634 g/mol. The first kappa shape index (κ1) is 33.0. The van der Waals surface area contributed by atoms with Gasteiger partial charge < -0.3 is 19.5 Å². The maximum atomic E-state index is 13.8. The molecular weight excluding hydrogens is 603 g/mol. The summed E-state index contributed by atoms with van der Waals surface area (Å²) < 4.78 is 128. The number of carbonyl (C=O) groups excluding carboxylic acids is 1. The van der Waals surface area contributed by atoms with Gasteiger partial charge in [0.1, 0.15) is 5.75 Å². The van der Waals surface area contributed by atoms with Crippen molar-refractivity contribution >= 4 is 12.1 Å². The first-order valence-electron chi connectivity index (χ1n) is 13.8. The molecule has 0 atom stereocenters. The Kier molecular flexibility index (Phi) is 9.39. The number of hydrogen-bond donors (Lipinski definition) is 1. The van der Waals surface area contributed by atoms with Crippen LogP contribution in [0.3, 0.4) is 0 Å². The zero-order valence-corrected chi connectivity index (χ0v) is 22.8. The van der Waals surface area contributed by atoms with Crippen molar-refractivity contribution in [2.45, 2.75) is 94.2 Å². The van der Waals surface area contributed by atoms with Crippen molar-refractivity contribution in [2.75, 3.05) is 19.6 Å². The summed E-state index contributed by atoms with van der Waals surface area (Å²) >= 11 is 0. The predicted octanol–water partition coefficient (Wildman–Crippen LogP) is 6.79. The first-order valence-corrected chi connectivity index (χ1v) is 13.8. The number of alkyl halides is 9. The van der Waals surface area contributed by atoms with Crippen LogP contribution in [0.5, 0.6) is 5.75 Å². The Bertz CT molecular complexity index is 1140. The van der Waals surface area contributed by atoms with Gasteiger partial charge in [0.15, 0.2) is 0 Å². The second-order valence-electron chi connectivity index (χ2n) is 11.4. The molecule has 2 heterocycles. The van der Waals surface area contributed by atoms with E-state index >= 15 is 0 Å². The van der Waals surface area contributed by atoms with E-state index in [1.165, 1.54) is 6.07 Å². The average Bonchev–Trinajstić information content (AvgIpc) is 3.26. The molecular formula is C27H31F9N2O5. The minimum absolute atomic E-state index is 0.00158. The van der Waals surface area contributed by atoms with Gasteiger partial charge in [0, 0.05) is 25.2 Å². The fraction of sp³-hybridized carbons (Fsp3) is 0.704. The van der Waals surface area contributed by atoms with Crippen LogP contribution in [-0.4, -0.2) is 76.7 Å². The summed E-state index contributed by atoms with van der Waals surface area (Å²) in [5.41, 5.74) is -1.24. The quantitative estimate of drug-likeness (QED) is 0.348. The standard InChI is InChI=1S/C27H31F9N2O5/c28-25(29,30)18-12-16(13-20(14-18)42-19-4-2-17(3-5-19)21(39)40)15-38-9-1-6-24(38)7-10-37(11-8-24)23(41)43-22(26(31,32)33)27(34,35)36/h12-14,17,19,22H,1-11,15H2,(H,39,40). The van der Waals surface area contributed by atoms with E-state index in [0.717, 1.165) is 17.0 Å². The highest BCUT2D eigenvalue weighted by atomic mass is 19.4. The Balaban J connectivity index is 1.43. The van der Waals surface area contributed by atoms with Crippen LogP contribution in [0, 0.1) is 5.92 Å². The zero-order valence-electron chi connectivity index (χ0n) is 22.8. The number of aliphatic carboxylic acids is 1. The smallest absolute Gasteiger partial charge is 0.434 e. The lowest BCUT2D eigenvalue weighted by Gasteiger charge is -2.45. The molecule has 2 saturated heterocycles. The van der Waals surface area contributed by atoms with Gasteiger partial charge in [0.05, 0.1) is 17.6 Å². The Morgan fingerprint density at radius 1 is 0.884 bits per heavy atom. The van der Waals surface area contributed by atoms with Crippen molar-refractivity contribution in [1.29, 1.82) is 0 Å². The molecule has 2 aliphatic heterocycles. The SMILES string of the molecule is O=C(O)C1CCC(Oc2cc(CN3CCCC34CCN(C(=O)OC(C(F)(F)F)C(F)(F)F)CC4)cc(C(F)(F)F)c2)CC1. The van der Waals surface area contributed by atoms with Gasteiger partial charge in [0.25, 0.3) is 6.10 Å². The van der Waals surface area contributed by atoms with Gasteiger partial charge in [-0.15, -0.1) is 0 Å². The number of piperidine rings is 1. The van der Waals surface area contributed by atoms with Crippen molar-refractivity contribution in [2.24, 2.45) is 5.92 Å². The molecule has 1 N–H and O–H groups in total. The van der Waals surface area contributed by atoms with Crippen LogP contribution in [0.4, 0.5) is 44.3 Å². The van der Waals surface area contributed by atoms with Crippen LogP contribution in [0.2, 0.25) is 0 Å². The lowest BCUT2D eigenvalue weighted by atomic mass is 9.85. The van der Waals surface area contributed by atoms with Crippen molar-refractivity contribution in [3.63, 3.8) is 0 Å². The number of benzene rings is 1. The molecule has 43 heavy (non-hydrogen) atoms. The van der Waals surface area contributed by atoms with Crippen LogP contribution >= 0.6 is 0 Å². The molecule has 16 heteroatoms. The number of halogens is 9. The average molecular weight is 635 g/mol. The summed E-state index contributed by atoms with van der Waals surface area (Å²) in [5.74, 6) is -1.44. The summed E-state index contributed by atoms with van der Waals surface area (Å²) in [6.07, 6.45) is -19.7. The molecule has 0 bridgehead atoms. The zero-order chi connectivity index (χ0) is 31.8. The van der Waals surface area contributed by atoms with Crippen LogP contribution in [-0.2, 0) is 22.3 Å². The Labute approximate surface area is 240 Å². The molecule has 242 valence electrons. The second kappa shape index (κ2) is 12.2. The summed E-state index contributed by atoms with van der Waals surface area (Å²) in [7, 11) is 0. The van der Waals surface area contributed by atoms with Crippen LogP contribution in [0.1, 0.15) is 62.5 Å². The molecule has 3 aliphatic rings. The molecule has 1 aromatic rings. The molecule has 7 nitrogen and oxygen atoms in total. The maximum Gasteiger partial charge on any atom is 0.434 e. The summed E-state index contributed by atoms with van der Waals surface area (Å²) in [4.78, 5) is 26.1. The van der Waals surface area contributed by atoms with E-state index in [1.54, 1.807) is 0 Å². The number of likely N-dealkylation sites (tertiary alicyclic amines) is 2. The lowest BCUT2D eigenvalue weighted by Crippen LogP contribution is -2.54. The highest BCUT2D eigenvalue weighted by Crippen LogP contribution is 2.42. The van der Waals surface area contributed by atoms with Gasteiger partial charge in [-0.2, -0.15) is 39.5 Å². The molecule has 1 aromatic carbocycles. The number of nitrogens with zero attached hydrogens (tertiary/aromatic N) is 2. The topological polar surface area (TPSA) is 79.3 Å². The molecule has 1 spiro atoms. The third-order valence-electron chi connectivity index (χ3n) is 8.50. The van der Waals surface area contributed by atoms with Gasteiger partial charge in [-0.25, -0.2) is 4.79 Å². The Hall–Kier alpha value is -2.91. The highest BCUT2D eigenvalue weighted by molar-refractivity contribution is 5.70. The predicted molar refractivity (Wildman–Crippen MR) is 131 cm³/mol. The van der Waals surface area contributed by atoms with Crippen molar-refractivity contribution in [3.8, 4) is 5.75 Å². The van der Waals surface area contributed by atoms with Crippen molar-refractivity contribution in [3.05, 3.63) is 29.3 Å². The number of rotatable bonds is 6. The number of amides is 1. The van der Waals surface area contributed by atoms with E-state index in [-0.39, 0.29) is 38.2 Å². The van der Waals surface area contributed by atoms with E-state index in [1.807, 2.05) is 4.90 Å². The van der Waals surface area contributed by atoms with Crippen molar-refractivity contribution in [1.82, 2.24) is 9.80 Å². The van der Waals surface area contributed by atoms with Crippen molar-refractivity contribution < 1.29 is 63.7 Å². The Morgan fingerprint density at radius 3 is 2.02 bits per heavy atom. The van der Waals surface area contributed by atoms with E-state index in [0.29, 0.717) is 50.6 Å². The molecule has 1 saturated carbocycles. The number of carboxylic acid groups (broad SMARTS) is 1.